The molecule has 0 fully saturated rings. The van der Waals surface area contributed by atoms with Crippen LogP contribution in [0.4, 0.5) is 0 Å². The van der Waals surface area contributed by atoms with Crippen LogP contribution in [0.15, 0.2) is 34.9 Å². The third-order valence-corrected chi connectivity index (χ3v) is 2.40. The summed E-state index contributed by atoms with van der Waals surface area (Å²) >= 11 is 11.6. The van der Waals surface area contributed by atoms with E-state index in [9.17, 15) is 0 Å². The van der Waals surface area contributed by atoms with Gasteiger partial charge in [0.05, 0.1) is 22.2 Å². The molecule has 2 aromatic rings. The first kappa shape index (κ1) is 9.56. The molecule has 0 saturated heterocycles. The molecule has 0 N–H and O–H groups in total. The van der Waals surface area contributed by atoms with Gasteiger partial charge in [-0.1, -0.05) is 23.7 Å². The SMILES string of the molecule is ClCc1coc(-c2ccccc2Cl)n1. The average Bonchev–Trinajstić information content (AvgIpc) is 2.67. The maximum absolute atomic E-state index is 5.98. The first-order chi connectivity index (χ1) is 6.81. The summed E-state index contributed by atoms with van der Waals surface area (Å²) in [6, 6.07) is 7.39. The highest BCUT2D eigenvalue weighted by Gasteiger charge is 2.08. The van der Waals surface area contributed by atoms with Gasteiger partial charge >= 0.3 is 0 Å². The Morgan fingerprint density at radius 3 is 2.71 bits per heavy atom. The van der Waals surface area contributed by atoms with E-state index in [1.807, 2.05) is 18.2 Å². The minimum absolute atomic E-state index is 0.341. The van der Waals surface area contributed by atoms with Gasteiger partial charge in [0, 0.05) is 0 Å². The van der Waals surface area contributed by atoms with E-state index in [4.69, 9.17) is 27.6 Å². The van der Waals surface area contributed by atoms with Crippen molar-refractivity contribution in [3.8, 4) is 11.5 Å². The Bertz CT molecular complexity index is 439. The van der Waals surface area contributed by atoms with Gasteiger partial charge in [0.1, 0.15) is 6.26 Å². The number of alkyl halides is 1. The summed E-state index contributed by atoms with van der Waals surface area (Å²) in [5.41, 5.74) is 1.49. The zero-order valence-corrected chi connectivity index (χ0v) is 8.72. The number of oxazole rings is 1. The van der Waals surface area contributed by atoms with Crippen molar-refractivity contribution in [3.05, 3.63) is 41.2 Å². The van der Waals surface area contributed by atoms with E-state index < -0.39 is 0 Å². The smallest absolute Gasteiger partial charge is 0.227 e. The second-order valence-corrected chi connectivity index (χ2v) is 3.43. The van der Waals surface area contributed by atoms with Gasteiger partial charge in [-0.3, -0.25) is 0 Å². The molecular formula is C10H7Cl2NO. The maximum Gasteiger partial charge on any atom is 0.227 e. The molecule has 0 aliphatic carbocycles. The second kappa shape index (κ2) is 4.03. The highest BCUT2D eigenvalue weighted by Crippen LogP contribution is 2.26. The van der Waals surface area contributed by atoms with Gasteiger partial charge in [0.15, 0.2) is 0 Å². The topological polar surface area (TPSA) is 26.0 Å². The summed E-state index contributed by atoms with van der Waals surface area (Å²) in [6.07, 6.45) is 1.53. The van der Waals surface area contributed by atoms with Crippen LogP contribution in [-0.2, 0) is 5.88 Å². The molecule has 0 aliphatic heterocycles. The lowest BCUT2D eigenvalue weighted by atomic mass is 10.2. The molecule has 14 heavy (non-hydrogen) atoms. The molecule has 0 radical (unpaired) electrons. The number of nitrogens with zero attached hydrogens (tertiary/aromatic N) is 1. The minimum atomic E-state index is 0.341. The Morgan fingerprint density at radius 2 is 2.07 bits per heavy atom. The number of aromatic nitrogens is 1. The summed E-state index contributed by atoms with van der Waals surface area (Å²) < 4.78 is 5.24. The van der Waals surface area contributed by atoms with E-state index in [0.29, 0.717) is 22.5 Å². The van der Waals surface area contributed by atoms with E-state index >= 15 is 0 Å². The molecule has 0 bridgehead atoms. The van der Waals surface area contributed by atoms with Crippen molar-refractivity contribution in [1.29, 1.82) is 0 Å². The van der Waals surface area contributed by atoms with Crippen molar-refractivity contribution in [2.75, 3.05) is 0 Å². The van der Waals surface area contributed by atoms with Gasteiger partial charge < -0.3 is 4.42 Å². The Kier molecular flexibility index (Phi) is 2.75. The van der Waals surface area contributed by atoms with Crippen molar-refractivity contribution >= 4 is 23.2 Å². The number of benzene rings is 1. The molecule has 0 unspecified atom stereocenters. The fourth-order valence-corrected chi connectivity index (χ4v) is 1.47. The number of rotatable bonds is 2. The lowest BCUT2D eigenvalue weighted by molar-refractivity contribution is 0.573. The standard InChI is InChI=1S/C10H7Cl2NO/c11-5-7-6-14-10(13-7)8-3-1-2-4-9(8)12/h1-4,6H,5H2. The average molecular weight is 228 g/mol. The summed E-state index contributed by atoms with van der Waals surface area (Å²) in [5, 5.41) is 0.621. The van der Waals surface area contributed by atoms with Gasteiger partial charge in [0.2, 0.25) is 5.89 Å². The van der Waals surface area contributed by atoms with Crippen LogP contribution in [0.1, 0.15) is 5.69 Å². The molecular weight excluding hydrogens is 221 g/mol. The predicted octanol–water partition coefficient (Wildman–Crippen LogP) is 3.73. The molecule has 0 spiro atoms. The van der Waals surface area contributed by atoms with Gasteiger partial charge in [-0.15, -0.1) is 11.6 Å². The molecule has 2 nitrogen and oxygen atoms in total. The van der Waals surface area contributed by atoms with E-state index in [1.165, 1.54) is 6.26 Å². The predicted molar refractivity (Wildman–Crippen MR) is 56.5 cm³/mol. The molecule has 72 valence electrons. The molecule has 0 amide bonds. The molecule has 4 heteroatoms. The normalized spacial score (nSPS) is 10.4. The molecule has 1 heterocycles. The largest absolute Gasteiger partial charge is 0.444 e. The van der Waals surface area contributed by atoms with E-state index in [0.717, 1.165) is 5.56 Å². The lowest BCUT2D eigenvalue weighted by Crippen LogP contribution is -1.80. The monoisotopic (exact) mass is 227 g/mol. The Balaban J connectivity index is 2.44. The van der Waals surface area contributed by atoms with Gasteiger partial charge in [-0.2, -0.15) is 0 Å². The lowest BCUT2D eigenvalue weighted by Gasteiger charge is -1.96. The Hall–Kier alpha value is -0.990. The third kappa shape index (κ3) is 1.76. The molecule has 0 atom stereocenters. The summed E-state index contributed by atoms with van der Waals surface area (Å²) in [5.74, 6) is 0.847. The molecule has 1 aromatic carbocycles. The summed E-state index contributed by atoms with van der Waals surface area (Å²) in [7, 11) is 0. The summed E-state index contributed by atoms with van der Waals surface area (Å²) in [4.78, 5) is 4.18. The van der Waals surface area contributed by atoms with Crippen molar-refractivity contribution in [2.24, 2.45) is 0 Å². The van der Waals surface area contributed by atoms with Crippen molar-refractivity contribution in [3.63, 3.8) is 0 Å². The Morgan fingerprint density at radius 1 is 1.29 bits per heavy atom. The van der Waals surface area contributed by atoms with Crippen LogP contribution < -0.4 is 0 Å². The van der Waals surface area contributed by atoms with E-state index in [2.05, 4.69) is 4.98 Å². The van der Waals surface area contributed by atoms with Crippen LogP contribution in [0.3, 0.4) is 0 Å². The summed E-state index contributed by atoms with van der Waals surface area (Å²) in [6.45, 7) is 0. The highest BCUT2D eigenvalue weighted by molar-refractivity contribution is 6.33. The van der Waals surface area contributed by atoms with Crippen LogP contribution in [-0.4, -0.2) is 4.98 Å². The number of hydrogen-bond acceptors (Lipinski definition) is 2. The molecule has 0 aliphatic rings. The first-order valence-electron chi connectivity index (χ1n) is 4.06. The fraction of sp³-hybridized carbons (Fsp3) is 0.100. The van der Waals surface area contributed by atoms with Gasteiger partial charge in [-0.25, -0.2) is 4.98 Å². The molecule has 1 aromatic heterocycles. The van der Waals surface area contributed by atoms with Crippen LogP contribution in [0, 0.1) is 0 Å². The fourth-order valence-electron chi connectivity index (χ4n) is 1.13. The Labute approximate surface area is 91.5 Å². The zero-order chi connectivity index (χ0) is 9.97. The third-order valence-electron chi connectivity index (χ3n) is 1.79. The van der Waals surface area contributed by atoms with Crippen LogP contribution in [0.25, 0.3) is 11.5 Å². The number of halogens is 2. The van der Waals surface area contributed by atoms with Crippen LogP contribution in [0.5, 0.6) is 0 Å². The molecule has 2 rings (SSSR count). The highest BCUT2D eigenvalue weighted by atomic mass is 35.5. The molecule has 0 saturated carbocycles. The van der Waals surface area contributed by atoms with E-state index in [1.54, 1.807) is 6.07 Å². The maximum atomic E-state index is 5.98. The van der Waals surface area contributed by atoms with Gasteiger partial charge in [0.25, 0.3) is 0 Å². The first-order valence-corrected chi connectivity index (χ1v) is 4.98. The second-order valence-electron chi connectivity index (χ2n) is 2.76. The quantitative estimate of drug-likeness (QED) is 0.732. The van der Waals surface area contributed by atoms with Gasteiger partial charge in [-0.05, 0) is 12.1 Å². The zero-order valence-electron chi connectivity index (χ0n) is 7.21. The van der Waals surface area contributed by atoms with Crippen LogP contribution >= 0.6 is 23.2 Å². The van der Waals surface area contributed by atoms with Crippen LogP contribution in [0.2, 0.25) is 5.02 Å². The van der Waals surface area contributed by atoms with Crippen molar-refractivity contribution < 1.29 is 4.42 Å². The minimum Gasteiger partial charge on any atom is -0.444 e. The number of hydrogen-bond donors (Lipinski definition) is 0. The van der Waals surface area contributed by atoms with Crippen molar-refractivity contribution in [2.45, 2.75) is 5.88 Å². The van der Waals surface area contributed by atoms with E-state index in [-0.39, 0.29) is 0 Å². The van der Waals surface area contributed by atoms with Crippen molar-refractivity contribution in [1.82, 2.24) is 4.98 Å².